The number of piperidine rings is 1. The molecule has 2 fully saturated rings. The molecule has 1 aromatic heterocycles. The summed E-state index contributed by atoms with van der Waals surface area (Å²) in [6.07, 6.45) is 4.76. The van der Waals surface area contributed by atoms with Crippen LogP contribution in [0.1, 0.15) is 44.0 Å². The highest BCUT2D eigenvalue weighted by atomic mass is 16.3. The lowest BCUT2D eigenvalue weighted by Crippen LogP contribution is -2.45. The van der Waals surface area contributed by atoms with Crippen molar-refractivity contribution in [2.24, 2.45) is 5.92 Å². The van der Waals surface area contributed by atoms with Gasteiger partial charge in [-0.05, 0) is 71.1 Å². The summed E-state index contributed by atoms with van der Waals surface area (Å²) in [5.74, 6) is 0.849. The van der Waals surface area contributed by atoms with E-state index in [1.807, 2.05) is 0 Å². The quantitative estimate of drug-likeness (QED) is 0.865. The number of aliphatic hydroxyl groups excluding tert-OH is 1. The number of hydrogen-bond acceptors (Lipinski definition) is 4. The van der Waals surface area contributed by atoms with Crippen LogP contribution >= 0.6 is 0 Å². The van der Waals surface area contributed by atoms with Crippen molar-refractivity contribution in [1.82, 2.24) is 19.6 Å². The lowest BCUT2D eigenvalue weighted by atomic mass is 9.99. The Bertz CT molecular complexity index is 521. The minimum absolute atomic E-state index is 0.237. The van der Waals surface area contributed by atoms with Gasteiger partial charge in [0.25, 0.3) is 0 Å². The molecule has 1 aromatic rings. The van der Waals surface area contributed by atoms with E-state index in [0.717, 1.165) is 50.9 Å². The maximum absolute atomic E-state index is 10.6. The van der Waals surface area contributed by atoms with Crippen LogP contribution < -0.4 is 0 Å². The van der Waals surface area contributed by atoms with Gasteiger partial charge in [-0.3, -0.25) is 9.58 Å². The largest absolute Gasteiger partial charge is 0.390 e. The predicted octanol–water partition coefficient (Wildman–Crippen LogP) is 2.06. The second-order valence-electron chi connectivity index (χ2n) is 8.04. The molecule has 0 amide bonds. The first-order chi connectivity index (χ1) is 11.5. The number of β-amino-alcohol motifs (C(OH)–C–C–N with tert-alkyl or cyclic N) is 1. The SMILES string of the molecule is Cc1cc(C)n(C[C@@H]2CCCN2C[C@H](O)CN2CCC(C)CC2)n1. The molecule has 5 nitrogen and oxygen atoms in total. The lowest BCUT2D eigenvalue weighted by molar-refractivity contribution is 0.0552. The summed E-state index contributed by atoms with van der Waals surface area (Å²) in [6, 6.07) is 2.66. The third-order valence-electron chi connectivity index (χ3n) is 5.78. The average Bonchev–Trinajstić information content (AvgIpc) is 3.08. The molecule has 3 rings (SSSR count). The molecule has 2 aliphatic heterocycles. The highest BCUT2D eigenvalue weighted by Gasteiger charge is 2.28. The highest BCUT2D eigenvalue weighted by molar-refractivity contribution is 5.07. The van der Waals surface area contributed by atoms with Crippen molar-refractivity contribution in [2.75, 3.05) is 32.7 Å². The normalized spacial score (nSPS) is 25.4. The van der Waals surface area contributed by atoms with Gasteiger partial charge in [0.05, 0.1) is 18.3 Å². The van der Waals surface area contributed by atoms with Crippen LogP contribution in [0.25, 0.3) is 0 Å². The molecule has 136 valence electrons. The Morgan fingerprint density at radius 3 is 2.58 bits per heavy atom. The molecule has 0 saturated carbocycles. The van der Waals surface area contributed by atoms with Crippen LogP contribution in [-0.2, 0) is 6.54 Å². The second-order valence-corrected chi connectivity index (χ2v) is 8.04. The molecular weight excluding hydrogens is 300 g/mol. The smallest absolute Gasteiger partial charge is 0.0793 e. The Labute approximate surface area is 146 Å². The monoisotopic (exact) mass is 334 g/mol. The van der Waals surface area contributed by atoms with E-state index < -0.39 is 0 Å². The Balaban J connectivity index is 1.49. The third kappa shape index (κ3) is 4.58. The maximum Gasteiger partial charge on any atom is 0.0793 e. The van der Waals surface area contributed by atoms with Gasteiger partial charge in [0, 0.05) is 24.8 Å². The molecule has 0 radical (unpaired) electrons. The molecule has 24 heavy (non-hydrogen) atoms. The molecule has 2 saturated heterocycles. The van der Waals surface area contributed by atoms with Crippen LogP contribution in [0.5, 0.6) is 0 Å². The van der Waals surface area contributed by atoms with Crippen molar-refractivity contribution >= 4 is 0 Å². The van der Waals surface area contributed by atoms with Gasteiger partial charge < -0.3 is 10.0 Å². The van der Waals surface area contributed by atoms with E-state index >= 15 is 0 Å². The summed E-state index contributed by atoms with van der Waals surface area (Å²) in [5.41, 5.74) is 2.33. The molecule has 0 aromatic carbocycles. The average molecular weight is 335 g/mol. The minimum atomic E-state index is -0.237. The number of aromatic nitrogens is 2. The standard InChI is InChI=1S/C19H34N4O/c1-15-6-9-21(10-7-15)13-19(24)14-22-8-4-5-18(22)12-23-17(3)11-16(2)20-23/h11,15,18-19,24H,4-10,12-14H2,1-3H3/t18-,19+/m0/s1. The molecule has 3 heterocycles. The van der Waals surface area contributed by atoms with Gasteiger partial charge in [0.15, 0.2) is 0 Å². The Morgan fingerprint density at radius 1 is 1.17 bits per heavy atom. The molecule has 2 aliphatic rings. The summed E-state index contributed by atoms with van der Waals surface area (Å²) >= 11 is 0. The van der Waals surface area contributed by atoms with Crippen molar-refractivity contribution in [2.45, 2.75) is 65.1 Å². The first-order valence-electron chi connectivity index (χ1n) is 9.67. The van der Waals surface area contributed by atoms with Crippen LogP contribution in [0, 0.1) is 19.8 Å². The number of aryl methyl sites for hydroxylation is 2. The fourth-order valence-electron chi connectivity index (χ4n) is 4.27. The molecule has 0 unspecified atom stereocenters. The predicted molar refractivity (Wildman–Crippen MR) is 97.1 cm³/mol. The van der Waals surface area contributed by atoms with Gasteiger partial charge in [-0.1, -0.05) is 6.92 Å². The number of hydrogen-bond donors (Lipinski definition) is 1. The Morgan fingerprint density at radius 2 is 1.92 bits per heavy atom. The molecule has 0 spiro atoms. The fourth-order valence-corrected chi connectivity index (χ4v) is 4.27. The third-order valence-corrected chi connectivity index (χ3v) is 5.78. The van der Waals surface area contributed by atoms with E-state index in [1.54, 1.807) is 0 Å². The first kappa shape index (κ1) is 17.9. The molecular formula is C19H34N4O. The van der Waals surface area contributed by atoms with E-state index in [9.17, 15) is 5.11 Å². The zero-order valence-electron chi connectivity index (χ0n) is 15.6. The van der Waals surface area contributed by atoms with E-state index in [4.69, 9.17) is 0 Å². The summed E-state index contributed by atoms with van der Waals surface area (Å²) in [6.45, 7) is 12.5. The number of aliphatic hydroxyl groups is 1. The van der Waals surface area contributed by atoms with Crippen molar-refractivity contribution < 1.29 is 5.11 Å². The zero-order chi connectivity index (χ0) is 17.1. The number of likely N-dealkylation sites (tertiary alicyclic amines) is 2. The summed E-state index contributed by atoms with van der Waals surface area (Å²) in [7, 11) is 0. The number of rotatable bonds is 6. The van der Waals surface area contributed by atoms with Gasteiger partial charge in [-0.25, -0.2) is 0 Å². The number of nitrogens with zero attached hydrogens (tertiary/aromatic N) is 4. The van der Waals surface area contributed by atoms with Gasteiger partial charge in [-0.15, -0.1) is 0 Å². The fraction of sp³-hybridized carbons (Fsp3) is 0.842. The van der Waals surface area contributed by atoms with E-state index in [0.29, 0.717) is 6.04 Å². The Hall–Kier alpha value is -0.910. The lowest BCUT2D eigenvalue weighted by Gasteiger charge is -2.33. The van der Waals surface area contributed by atoms with Gasteiger partial charge in [0.2, 0.25) is 0 Å². The second kappa shape index (κ2) is 7.98. The van der Waals surface area contributed by atoms with Crippen molar-refractivity contribution in [3.05, 3.63) is 17.5 Å². The summed E-state index contributed by atoms with van der Waals surface area (Å²) in [5, 5.41) is 15.2. The van der Waals surface area contributed by atoms with Crippen LogP contribution in [0.3, 0.4) is 0 Å². The van der Waals surface area contributed by atoms with Gasteiger partial charge in [0.1, 0.15) is 0 Å². The minimum Gasteiger partial charge on any atom is -0.390 e. The molecule has 5 heteroatoms. The van der Waals surface area contributed by atoms with E-state index in [1.165, 1.54) is 31.4 Å². The first-order valence-corrected chi connectivity index (χ1v) is 9.67. The molecule has 2 atom stereocenters. The van der Waals surface area contributed by atoms with E-state index in [2.05, 4.69) is 46.4 Å². The van der Waals surface area contributed by atoms with Gasteiger partial charge >= 0.3 is 0 Å². The topological polar surface area (TPSA) is 44.5 Å². The van der Waals surface area contributed by atoms with Crippen LogP contribution in [0.2, 0.25) is 0 Å². The van der Waals surface area contributed by atoms with Crippen molar-refractivity contribution in [1.29, 1.82) is 0 Å². The van der Waals surface area contributed by atoms with Crippen molar-refractivity contribution in [3.8, 4) is 0 Å². The van der Waals surface area contributed by atoms with Crippen LogP contribution in [0.15, 0.2) is 6.07 Å². The van der Waals surface area contributed by atoms with Crippen LogP contribution in [0.4, 0.5) is 0 Å². The van der Waals surface area contributed by atoms with Crippen LogP contribution in [-0.4, -0.2) is 69.6 Å². The molecule has 0 bridgehead atoms. The highest BCUT2D eigenvalue weighted by Crippen LogP contribution is 2.21. The van der Waals surface area contributed by atoms with E-state index in [-0.39, 0.29) is 6.10 Å². The van der Waals surface area contributed by atoms with Gasteiger partial charge in [-0.2, -0.15) is 5.10 Å². The Kier molecular flexibility index (Phi) is 5.95. The summed E-state index contributed by atoms with van der Waals surface area (Å²) < 4.78 is 2.14. The van der Waals surface area contributed by atoms with Crippen molar-refractivity contribution in [3.63, 3.8) is 0 Å². The maximum atomic E-state index is 10.6. The molecule has 0 aliphatic carbocycles. The summed E-state index contributed by atoms with van der Waals surface area (Å²) in [4.78, 5) is 4.92. The molecule has 1 N–H and O–H groups in total. The zero-order valence-corrected chi connectivity index (χ0v) is 15.6.